The van der Waals surface area contributed by atoms with Crippen LogP contribution in [-0.2, 0) is 42.4 Å². The standard InChI is InChI=1S/C36H52O9SSi/c1-8-22-41-33-32(42-24-23-40-9-2)30(45-35(34(33)44-27(3)37)46-25-16-21-31(38)39-7)26-43-47(36(4,5)6,28-17-12-10-13-18-28)29-19-14-11-15-20-29/h8,10-15,17-20,30,32-35H,1,9,16,21-26H2,2-7H3/t30-,32+,33+,34-,35+/m1/s1. The zero-order valence-electron chi connectivity index (χ0n) is 28.7. The summed E-state index contributed by atoms with van der Waals surface area (Å²) in [6.45, 7) is 15.5. The summed E-state index contributed by atoms with van der Waals surface area (Å²) in [5.74, 6) is -0.164. The molecule has 1 aliphatic rings. The Kier molecular flexibility index (Phi) is 16.1. The van der Waals surface area contributed by atoms with Crippen molar-refractivity contribution in [1.82, 2.24) is 0 Å². The third-order valence-corrected chi connectivity index (χ3v) is 14.2. The molecule has 0 saturated carbocycles. The van der Waals surface area contributed by atoms with Crippen LogP contribution in [0.3, 0.4) is 0 Å². The van der Waals surface area contributed by atoms with Crippen LogP contribution >= 0.6 is 11.8 Å². The Morgan fingerprint density at radius 3 is 2.13 bits per heavy atom. The molecule has 1 fully saturated rings. The Hall–Kier alpha value is -2.51. The predicted octanol–water partition coefficient (Wildman–Crippen LogP) is 4.90. The van der Waals surface area contributed by atoms with E-state index in [2.05, 4.69) is 75.9 Å². The number of hydrogen-bond acceptors (Lipinski definition) is 10. The molecule has 1 aliphatic heterocycles. The van der Waals surface area contributed by atoms with Gasteiger partial charge in [-0.25, -0.2) is 0 Å². The molecule has 5 atom stereocenters. The molecule has 0 aromatic heterocycles. The number of rotatable bonds is 19. The fourth-order valence-corrected chi connectivity index (χ4v) is 11.6. The summed E-state index contributed by atoms with van der Waals surface area (Å²) in [6.07, 6.45) is -0.198. The molecular formula is C36H52O9SSi. The third kappa shape index (κ3) is 10.7. The summed E-state index contributed by atoms with van der Waals surface area (Å²) in [4.78, 5) is 24.2. The van der Waals surface area contributed by atoms with E-state index in [1.54, 1.807) is 6.08 Å². The van der Waals surface area contributed by atoms with E-state index in [9.17, 15) is 9.59 Å². The zero-order chi connectivity index (χ0) is 34.3. The molecule has 47 heavy (non-hydrogen) atoms. The smallest absolute Gasteiger partial charge is 0.305 e. The van der Waals surface area contributed by atoms with Gasteiger partial charge in [-0.3, -0.25) is 9.59 Å². The predicted molar refractivity (Wildman–Crippen MR) is 188 cm³/mol. The zero-order valence-corrected chi connectivity index (χ0v) is 30.5. The molecule has 2 aromatic rings. The van der Waals surface area contributed by atoms with Crippen molar-refractivity contribution in [2.45, 2.75) is 82.4 Å². The SMILES string of the molecule is C=CCO[C@H]1[C@@H](OCCOCC)[C@@H](CO[Si](c2ccccc2)(c2ccccc2)C(C)(C)C)O[C@@H](SCCCC(=O)OC)[C@@H]1OC(C)=O. The first kappa shape index (κ1) is 38.9. The summed E-state index contributed by atoms with van der Waals surface area (Å²) in [6, 6.07) is 20.8. The van der Waals surface area contributed by atoms with Gasteiger partial charge < -0.3 is 32.8 Å². The number of esters is 2. The Labute approximate surface area is 285 Å². The van der Waals surface area contributed by atoms with E-state index in [0.29, 0.717) is 25.4 Å². The van der Waals surface area contributed by atoms with Crippen LogP contribution in [0.5, 0.6) is 0 Å². The Morgan fingerprint density at radius 1 is 0.957 bits per heavy atom. The fraction of sp³-hybridized carbons (Fsp3) is 0.556. The lowest BCUT2D eigenvalue weighted by Crippen LogP contribution is -2.68. The number of thioether (sulfide) groups is 1. The number of carbonyl (C=O) groups excluding carboxylic acids is 2. The van der Waals surface area contributed by atoms with Gasteiger partial charge in [-0.1, -0.05) is 87.5 Å². The maximum Gasteiger partial charge on any atom is 0.305 e. The van der Waals surface area contributed by atoms with E-state index in [1.165, 1.54) is 25.8 Å². The molecule has 3 rings (SSSR count). The first-order valence-electron chi connectivity index (χ1n) is 16.3. The lowest BCUT2D eigenvalue weighted by atomic mass is 9.99. The number of carbonyl (C=O) groups is 2. The van der Waals surface area contributed by atoms with Crippen molar-refractivity contribution in [2.75, 3.05) is 45.9 Å². The largest absolute Gasteiger partial charge is 0.469 e. The number of methoxy groups -OCH3 is 1. The van der Waals surface area contributed by atoms with Gasteiger partial charge in [-0.05, 0) is 34.5 Å². The van der Waals surface area contributed by atoms with E-state index < -0.39 is 44.1 Å². The summed E-state index contributed by atoms with van der Waals surface area (Å²) in [7, 11) is -1.55. The van der Waals surface area contributed by atoms with E-state index in [-0.39, 0.29) is 37.2 Å². The molecule has 260 valence electrons. The van der Waals surface area contributed by atoms with Crippen LogP contribution in [0.4, 0.5) is 0 Å². The highest BCUT2D eigenvalue weighted by molar-refractivity contribution is 7.99. The van der Waals surface area contributed by atoms with Crippen LogP contribution in [0.1, 0.15) is 47.5 Å². The maximum atomic E-state index is 12.4. The molecule has 0 amide bonds. The Bertz CT molecular complexity index is 1180. The monoisotopic (exact) mass is 688 g/mol. The van der Waals surface area contributed by atoms with Gasteiger partial charge in [0, 0.05) is 20.0 Å². The number of ether oxygens (including phenoxy) is 6. The van der Waals surface area contributed by atoms with Crippen molar-refractivity contribution in [2.24, 2.45) is 0 Å². The van der Waals surface area contributed by atoms with Gasteiger partial charge in [-0.15, -0.1) is 18.3 Å². The minimum atomic E-state index is -2.93. The molecule has 0 unspecified atom stereocenters. The third-order valence-electron chi connectivity index (χ3n) is 7.96. The van der Waals surface area contributed by atoms with Gasteiger partial charge in [0.15, 0.2) is 6.10 Å². The lowest BCUT2D eigenvalue weighted by molar-refractivity contribution is -0.240. The van der Waals surface area contributed by atoms with Crippen LogP contribution in [0.25, 0.3) is 0 Å². The van der Waals surface area contributed by atoms with Gasteiger partial charge in [0.1, 0.15) is 23.7 Å². The number of hydrogen-bond donors (Lipinski definition) is 0. The lowest BCUT2D eigenvalue weighted by Gasteiger charge is -2.48. The molecule has 0 N–H and O–H groups in total. The summed E-state index contributed by atoms with van der Waals surface area (Å²) < 4.78 is 43.2. The van der Waals surface area contributed by atoms with Crippen molar-refractivity contribution >= 4 is 42.4 Å². The van der Waals surface area contributed by atoms with Gasteiger partial charge in [-0.2, -0.15) is 0 Å². The van der Waals surface area contributed by atoms with E-state index >= 15 is 0 Å². The topological polar surface area (TPSA) is 98.8 Å². The molecule has 1 saturated heterocycles. The second-order valence-electron chi connectivity index (χ2n) is 12.3. The highest BCUT2D eigenvalue weighted by Crippen LogP contribution is 2.39. The molecular weight excluding hydrogens is 637 g/mol. The second-order valence-corrected chi connectivity index (χ2v) is 17.8. The minimum absolute atomic E-state index is 0.201. The second kappa shape index (κ2) is 19.5. The number of benzene rings is 2. The maximum absolute atomic E-state index is 12.4. The van der Waals surface area contributed by atoms with Crippen molar-refractivity contribution in [3.8, 4) is 0 Å². The van der Waals surface area contributed by atoms with Crippen LogP contribution < -0.4 is 10.4 Å². The highest BCUT2D eigenvalue weighted by atomic mass is 32.2. The summed E-state index contributed by atoms with van der Waals surface area (Å²) in [5.41, 5.74) is -0.606. The normalized spacial score (nSPS) is 21.6. The van der Waals surface area contributed by atoms with Crippen LogP contribution in [0.15, 0.2) is 73.3 Å². The van der Waals surface area contributed by atoms with Crippen molar-refractivity contribution in [3.05, 3.63) is 73.3 Å². The van der Waals surface area contributed by atoms with Crippen molar-refractivity contribution in [1.29, 1.82) is 0 Å². The molecule has 2 aromatic carbocycles. The molecule has 11 heteroatoms. The van der Waals surface area contributed by atoms with Crippen molar-refractivity contribution in [3.63, 3.8) is 0 Å². The summed E-state index contributed by atoms with van der Waals surface area (Å²) in [5, 5.41) is 2.04. The average molecular weight is 689 g/mol. The highest BCUT2D eigenvalue weighted by Gasteiger charge is 2.53. The quantitative estimate of drug-likeness (QED) is 0.0878. The van der Waals surface area contributed by atoms with E-state index in [4.69, 9.17) is 32.8 Å². The van der Waals surface area contributed by atoms with Crippen LogP contribution in [0.2, 0.25) is 5.04 Å². The summed E-state index contributed by atoms with van der Waals surface area (Å²) >= 11 is 1.47. The Morgan fingerprint density at radius 2 is 1.60 bits per heavy atom. The van der Waals surface area contributed by atoms with Crippen molar-refractivity contribution < 1.29 is 42.4 Å². The minimum Gasteiger partial charge on any atom is -0.469 e. The van der Waals surface area contributed by atoms with Gasteiger partial charge in [0.25, 0.3) is 8.32 Å². The van der Waals surface area contributed by atoms with Gasteiger partial charge in [0.2, 0.25) is 0 Å². The Balaban J connectivity index is 2.05. The fourth-order valence-electron chi connectivity index (χ4n) is 5.91. The molecule has 0 aliphatic carbocycles. The van der Waals surface area contributed by atoms with Gasteiger partial charge >= 0.3 is 11.9 Å². The van der Waals surface area contributed by atoms with E-state index in [1.807, 2.05) is 19.1 Å². The molecule has 0 radical (unpaired) electrons. The van der Waals surface area contributed by atoms with Gasteiger partial charge in [0.05, 0.1) is 33.5 Å². The molecule has 9 nitrogen and oxygen atoms in total. The van der Waals surface area contributed by atoms with E-state index in [0.717, 1.165) is 10.4 Å². The average Bonchev–Trinajstić information content (AvgIpc) is 3.06. The molecule has 0 spiro atoms. The molecule has 1 heterocycles. The molecule has 0 bridgehead atoms. The first-order chi connectivity index (χ1) is 22.6. The van der Waals surface area contributed by atoms with Crippen LogP contribution in [-0.4, -0.2) is 96.0 Å². The van der Waals surface area contributed by atoms with Crippen LogP contribution in [0, 0.1) is 0 Å². The first-order valence-corrected chi connectivity index (χ1v) is 19.2.